The molecule has 10 fully saturated rings. The summed E-state index contributed by atoms with van der Waals surface area (Å²) in [4.78, 5) is 21.7. The van der Waals surface area contributed by atoms with Crippen LogP contribution < -0.4 is 4.74 Å². The number of carbonyl (C=O) groups excluding carboxylic acids is 1. The second-order valence-electron chi connectivity index (χ2n) is 11.7. The van der Waals surface area contributed by atoms with Gasteiger partial charge in [0.05, 0.1) is 0 Å². The molecule has 5 atom stereocenters. The van der Waals surface area contributed by atoms with E-state index in [9.17, 15) is 4.79 Å². The van der Waals surface area contributed by atoms with E-state index in [1.807, 2.05) is 0 Å². The summed E-state index contributed by atoms with van der Waals surface area (Å²) >= 11 is 0. The third-order valence-corrected chi connectivity index (χ3v) is 59.6. The maximum atomic E-state index is 12.5. The van der Waals surface area contributed by atoms with Gasteiger partial charge in [0.25, 0.3) is 0 Å². The first-order valence-electron chi connectivity index (χ1n) is 8.36. The van der Waals surface area contributed by atoms with Crippen molar-refractivity contribution in [3.05, 3.63) is 29.8 Å². The molecule has 0 aliphatic carbocycles. The zero-order chi connectivity index (χ0) is 13.3. The first-order chi connectivity index (χ1) is 10.0. The Balaban J connectivity index is 1.46. The molecule has 1 spiro atoms. The number of benzene rings is 1. The van der Waals surface area contributed by atoms with Crippen molar-refractivity contribution in [3.8, 4) is 5.75 Å². The van der Waals surface area contributed by atoms with E-state index in [0.29, 0.717) is 8.63 Å². The molecule has 0 radical (unpaired) electrons. The molecule has 0 amide bonds. The average molecular weight is 320 g/mol. The van der Waals surface area contributed by atoms with Crippen LogP contribution in [0.15, 0.2) is 24.3 Å². The summed E-state index contributed by atoms with van der Waals surface area (Å²) in [6.45, 7) is -3.48. The van der Waals surface area contributed by atoms with Gasteiger partial charge in [-0.1, -0.05) is 0 Å². The molecular formula is C18H16FeO2. The van der Waals surface area contributed by atoms with Crippen molar-refractivity contribution in [2.75, 3.05) is 7.11 Å². The number of rotatable bonds is 3. The first kappa shape index (κ1) is 8.17. The molecule has 10 aliphatic rings. The summed E-state index contributed by atoms with van der Waals surface area (Å²) in [7, 11) is 1.74. The van der Waals surface area contributed by atoms with Gasteiger partial charge in [-0.25, -0.2) is 0 Å². The molecule has 1 aromatic rings. The van der Waals surface area contributed by atoms with Gasteiger partial charge < -0.3 is 0 Å². The summed E-state index contributed by atoms with van der Waals surface area (Å²) in [6.07, 6.45) is 1.58. The van der Waals surface area contributed by atoms with Gasteiger partial charge in [-0.05, 0) is 0 Å². The number of hydrogen-bond donors (Lipinski definition) is 0. The zero-order valence-electron chi connectivity index (χ0n) is 11.7. The number of fused-ring (bicyclic) bond motifs is 10. The third-order valence-electron chi connectivity index (χ3n) is 16.7. The molecule has 10 heterocycles. The van der Waals surface area contributed by atoms with Gasteiger partial charge in [0.15, 0.2) is 0 Å². The van der Waals surface area contributed by atoms with Crippen molar-refractivity contribution in [1.29, 1.82) is 0 Å². The molecule has 10 aliphatic heterocycles. The van der Waals surface area contributed by atoms with Gasteiger partial charge in [0, 0.05) is 0 Å². The van der Waals surface area contributed by atoms with Gasteiger partial charge >= 0.3 is 112 Å². The molecule has 2 nitrogen and oxygen atoms in total. The Bertz CT molecular complexity index is 1250. The van der Waals surface area contributed by atoms with Crippen molar-refractivity contribution < 1.29 is 16.0 Å². The van der Waals surface area contributed by atoms with E-state index in [-0.39, 0.29) is 0 Å². The van der Waals surface area contributed by atoms with Crippen molar-refractivity contribution in [3.63, 3.8) is 0 Å². The predicted octanol–water partition coefficient (Wildman–Crippen LogP) is 4.06. The van der Waals surface area contributed by atoms with Crippen LogP contribution in [-0.2, 0) is 15.6 Å². The van der Waals surface area contributed by atoms with E-state index in [4.69, 9.17) is 4.74 Å². The summed E-state index contributed by atoms with van der Waals surface area (Å²) < 4.78 is 6.17. The van der Waals surface area contributed by atoms with Crippen LogP contribution in [0.25, 0.3) is 0 Å². The van der Waals surface area contributed by atoms with Crippen LogP contribution in [0.5, 0.6) is 5.75 Å². The van der Waals surface area contributed by atoms with Gasteiger partial charge in [-0.2, -0.15) is 0 Å². The van der Waals surface area contributed by atoms with E-state index in [2.05, 4.69) is 24.3 Å². The normalized spacial score (nSPS) is 102. The molecule has 0 N–H and O–H groups in total. The summed E-state index contributed by atoms with van der Waals surface area (Å²) in [5, 5.41) is 0. The molecule has 1 aromatic carbocycles. The summed E-state index contributed by atoms with van der Waals surface area (Å²) in [5.41, 5.74) is 1.59. The van der Waals surface area contributed by atoms with E-state index in [0.717, 1.165) is 15.4 Å². The second kappa shape index (κ2) is 0.749. The molecule has 11 rings (SSSR count). The molecule has 108 valence electrons. The number of ether oxygens (including phenoxy) is 1. The summed E-state index contributed by atoms with van der Waals surface area (Å²) in [5.74, 6) is 0.964. The van der Waals surface area contributed by atoms with Crippen LogP contribution in [0.4, 0.5) is 0 Å². The topological polar surface area (TPSA) is 26.3 Å². The average Bonchev–Trinajstić information content (AvgIpc) is 3.47. The van der Waals surface area contributed by atoms with Gasteiger partial charge in [-0.15, -0.1) is 0 Å². The molecule has 3 heteroatoms. The fourth-order valence-corrected chi connectivity index (χ4v) is 94.1. The minimum atomic E-state index is -3.48. The van der Waals surface area contributed by atoms with Crippen LogP contribution in [0.2, 0.25) is 42.8 Å². The van der Waals surface area contributed by atoms with E-state index in [1.165, 1.54) is 28.9 Å². The van der Waals surface area contributed by atoms with Crippen LogP contribution in [0.1, 0.15) is 5.56 Å². The van der Waals surface area contributed by atoms with Gasteiger partial charge in [-0.3, -0.25) is 0 Å². The second-order valence-corrected chi connectivity index (χ2v) is 34.9. The first-order valence-corrected chi connectivity index (χ1v) is 14.6. The number of aldehydes is 1. The molecule has 21 heavy (non-hydrogen) atoms. The van der Waals surface area contributed by atoms with Crippen LogP contribution in [-0.4, -0.2) is 13.4 Å². The Morgan fingerprint density at radius 1 is 1.00 bits per heavy atom. The van der Waals surface area contributed by atoms with Crippen molar-refractivity contribution in [1.82, 2.24) is 0 Å². The van der Waals surface area contributed by atoms with E-state index < -0.39 is 6.51 Å². The van der Waals surface area contributed by atoms with Crippen LogP contribution in [0.3, 0.4) is 0 Å². The molecule has 0 saturated carbocycles. The summed E-state index contributed by atoms with van der Waals surface area (Å²) in [6, 6.07) is 9.01. The number of methoxy groups -OCH3 is 1. The Hall–Kier alpha value is -0.791. The molecule has 5 unspecified atom stereocenters. The van der Waals surface area contributed by atoms with Crippen molar-refractivity contribution >= 4 is 6.29 Å². The van der Waals surface area contributed by atoms with E-state index >= 15 is 0 Å². The standard InChI is InChI=1S/C13H11O2.C5H5.Fe/c1-15-12-7-5-10(6-8-12)13-4-2-3-11(13)9-14;1-2-4-5-3-1;/h2-9H,1H3;1-5H;. The van der Waals surface area contributed by atoms with Crippen molar-refractivity contribution in [2.45, 2.75) is 47.2 Å². The maximum absolute atomic E-state index is 12.5. The molecule has 0 bridgehead atoms. The number of hydrogen-bond acceptors (Lipinski definition) is 2. The SMILES string of the molecule is COc1ccc([C]23[CH]4[CH]5[CH]6[C]2(C=O)[Fe]56432789[CH]3[CH]2[CH]7[CH]8[CH]39)cc1. The third kappa shape index (κ3) is 0.0931. The number of carbonyl (C=O) groups is 1. The van der Waals surface area contributed by atoms with Gasteiger partial charge in [0.1, 0.15) is 0 Å². The molecule has 10 saturated heterocycles. The minimum absolute atomic E-state index is 0.306. The van der Waals surface area contributed by atoms with Crippen LogP contribution >= 0.6 is 0 Å². The van der Waals surface area contributed by atoms with Crippen LogP contribution in [0, 0.1) is 0 Å². The Labute approximate surface area is 112 Å². The molecule has 0 aromatic heterocycles. The quantitative estimate of drug-likeness (QED) is 0.620. The van der Waals surface area contributed by atoms with E-state index in [1.54, 1.807) is 19.0 Å². The Morgan fingerprint density at radius 2 is 1.62 bits per heavy atom. The Morgan fingerprint density at radius 3 is 2.00 bits per heavy atom. The zero-order valence-corrected chi connectivity index (χ0v) is 12.8. The molecular weight excluding hydrogens is 304 g/mol. The van der Waals surface area contributed by atoms with Crippen molar-refractivity contribution in [2.24, 2.45) is 0 Å². The monoisotopic (exact) mass is 320 g/mol. The fourth-order valence-electron chi connectivity index (χ4n) is 18.7. The predicted molar refractivity (Wildman–Crippen MR) is 73.4 cm³/mol. The van der Waals surface area contributed by atoms with Gasteiger partial charge in [0.2, 0.25) is 0 Å². The fraction of sp³-hybridized carbons (Fsp3) is 0.611. The Kier molecular flexibility index (Phi) is 0.292.